The van der Waals surface area contributed by atoms with E-state index in [-0.39, 0.29) is 0 Å². The van der Waals surface area contributed by atoms with Gasteiger partial charge < -0.3 is 13.6 Å². The summed E-state index contributed by atoms with van der Waals surface area (Å²) in [6, 6.07) is 77.4. The van der Waals surface area contributed by atoms with Crippen molar-refractivity contribution in [1.82, 2.24) is 34.1 Å². The SMILES string of the molecule is c1ccc(-c2nc(-c3ccccc3)nc(-c3cc(-c4nc(-c5ccccc5)c5oc6ccccc6c5n4)ccc3-n3c4ccccc4c4ccc5c(c6ccccc6n5-c5ccccc5)c43)n2)cc1. The summed E-state index contributed by atoms with van der Waals surface area (Å²) in [4.78, 5) is 26.5. The maximum Gasteiger partial charge on any atom is 0.180 e. The molecule has 0 bridgehead atoms. The van der Waals surface area contributed by atoms with Crippen molar-refractivity contribution in [2.24, 2.45) is 0 Å². The topological polar surface area (TPSA) is 87.5 Å². The normalized spacial score (nSPS) is 11.8. The molecule has 0 aliphatic heterocycles. The van der Waals surface area contributed by atoms with Crippen LogP contribution in [0.5, 0.6) is 0 Å². The second-order valence-corrected chi connectivity index (χ2v) is 17.2. The van der Waals surface area contributed by atoms with Crippen molar-refractivity contribution in [3.8, 4) is 68.2 Å². The highest BCUT2D eigenvalue weighted by atomic mass is 16.3. The second kappa shape index (κ2) is 15.5. The Morgan fingerprint density at radius 1 is 0.348 bits per heavy atom. The summed E-state index contributed by atoms with van der Waals surface area (Å²) < 4.78 is 11.3. The quantitative estimate of drug-likeness (QED) is 0.158. The lowest BCUT2D eigenvalue weighted by atomic mass is 10.0. The minimum absolute atomic E-state index is 0.516. The molecule has 69 heavy (non-hydrogen) atoms. The van der Waals surface area contributed by atoms with Crippen LogP contribution in [0.15, 0.2) is 229 Å². The fourth-order valence-electron chi connectivity index (χ4n) is 10.1. The molecule has 5 heterocycles. The van der Waals surface area contributed by atoms with Gasteiger partial charge in [-0.3, -0.25) is 0 Å². The van der Waals surface area contributed by atoms with Gasteiger partial charge in [0.1, 0.15) is 16.8 Å². The zero-order chi connectivity index (χ0) is 45.4. The number of hydrogen-bond acceptors (Lipinski definition) is 6. The van der Waals surface area contributed by atoms with Crippen LogP contribution in [0.1, 0.15) is 0 Å². The van der Waals surface area contributed by atoms with E-state index in [0.29, 0.717) is 28.9 Å². The zero-order valence-electron chi connectivity index (χ0n) is 36.9. The van der Waals surface area contributed by atoms with Crippen LogP contribution in [0.3, 0.4) is 0 Å². The Balaban J connectivity index is 1.11. The number of aromatic nitrogens is 7. The van der Waals surface area contributed by atoms with Gasteiger partial charge in [-0.1, -0.05) is 164 Å². The molecule has 322 valence electrons. The van der Waals surface area contributed by atoms with Crippen LogP contribution in [-0.2, 0) is 0 Å². The molecule has 0 fully saturated rings. The third kappa shape index (κ3) is 6.20. The van der Waals surface area contributed by atoms with E-state index in [1.165, 1.54) is 0 Å². The first-order valence-electron chi connectivity index (χ1n) is 23.0. The van der Waals surface area contributed by atoms with Gasteiger partial charge in [0.05, 0.1) is 27.8 Å². The summed E-state index contributed by atoms with van der Waals surface area (Å²) in [6.45, 7) is 0. The smallest absolute Gasteiger partial charge is 0.180 e. The molecule has 8 nitrogen and oxygen atoms in total. The molecule has 5 aromatic heterocycles. The summed E-state index contributed by atoms with van der Waals surface area (Å²) in [5.41, 5.74) is 13.5. The predicted molar refractivity (Wildman–Crippen MR) is 279 cm³/mol. The Morgan fingerprint density at radius 2 is 0.899 bits per heavy atom. The Labute approximate surface area is 395 Å². The molecule has 0 radical (unpaired) electrons. The van der Waals surface area contributed by atoms with Crippen LogP contribution in [-0.4, -0.2) is 34.1 Å². The first kappa shape index (κ1) is 38.7. The highest BCUT2D eigenvalue weighted by Gasteiger charge is 2.25. The highest BCUT2D eigenvalue weighted by Crippen LogP contribution is 2.44. The first-order chi connectivity index (χ1) is 34.2. The Bertz CT molecular complexity index is 4240. The van der Waals surface area contributed by atoms with Crippen LogP contribution in [0.25, 0.3) is 134 Å². The minimum atomic E-state index is 0.516. The first-order valence-corrected chi connectivity index (χ1v) is 23.0. The molecule has 0 aliphatic carbocycles. The molecule has 0 aliphatic rings. The molecule has 0 unspecified atom stereocenters. The van der Waals surface area contributed by atoms with Crippen LogP contribution < -0.4 is 0 Å². The second-order valence-electron chi connectivity index (χ2n) is 17.2. The number of benzene rings is 9. The summed E-state index contributed by atoms with van der Waals surface area (Å²) in [7, 11) is 0. The van der Waals surface area contributed by atoms with Crippen molar-refractivity contribution in [3.05, 3.63) is 224 Å². The molecule has 0 spiro atoms. The van der Waals surface area contributed by atoms with Crippen LogP contribution in [0.2, 0.25) is 0 Å². The van der Waals surface area contributed by atoms with Gasteiger partial charge in [-0.15, -0.1) is 0 Å². The Hall–Kier alpha value is -9.53. The fraction of sp³-hybridized carbons (Fsp3) is 0. The number of hydrogen-bond donors (Lipinski definition) is 0. The van der Waals surface area contributed by atoms with Crippen LogP contribution in [0.4, 0.5) is 0 Å². The average molecular weight is 884 g/mol. The Kier molecular flexibility index (Phi) is 8.72. The lowest BCUT2D eigenvalue weighted by Crippen LogP contribution is -2.04. The number of fused-ring (bicyclic) bond motifs is 10. The lowest BCUT2D eigenvalue weighted by Gasteiger charge is -2.17. The van der Waals surface area contributed by atoms with E-state index in [9.17, 15) is 0 Å². The largest absolute Gasteiger partial charge is 0.452 e. The minimum Gasteiger partial charge on any atom is -0.452 e. The number of para-hydroxylation sites is 4. The van der Waals surface area contributed by atoms with Gasteiger partial charge in [0.2, 0.25) is 0 Å². The molecule has 0 atom stereocenters. The van der Waals surface area contributed by atoms with Crippen molar-refractivity contribution in [3.63, 3.8) is 0 Å². The van der Waals surface area contributed by atoms with E-state index in [0.717, 1.165) is 105 Å². The average Bonchev–Trinajstić information content (AvgIpc) is 4.09. The monoisotopic (exact) mass is 883 g/mol. The molecule has 9 aromatic carbocycles. The Morgan fingerprint density at radius 3 is 1.59 bits per heavy atom. The maximum absolute atomic E-state index is 6.52. The standard InChI is InChI=1S/C61H37N7O/c1-5-19-38(20-6-1)54-57-55(46-29-15-18-32-52(46)69-57)63-60(62-54)41-33-35-50(47(37-41)61-65-58(39-21-7-2-8-22-39)64-59(66-61)40-23-9-3-10-24-40)68-48-30-16-13-27-43(48)44-34-36-51-53(56(44)68)45-28-14-17-31-49(45)67(51)42-25-11-4-12-26-42/h1-37H. The van der Waals surface area contributed by atoms with Crippen molar-refractivity contribution >= 4 is 65.7 Å². The molecular weight excluding hydrogens is 847 g/mol. The summed E-state index contributed by atoms with van der Waals surface area (Å²) in [6.07, 6.45) is 0. The van der Waals surface area contributed by atoms with Gasteiger partial charge in [-0.25, -0.2) is 24.9 Å². The van der Waals surface area contributed by atoms with E-state index in [4.69, 9.17) is 29.3 Å². The molecule has 0 saturated carbocycles. The van der Waals surface area contributed by atoms with Crippen molar-refractivity contribution in [2.45, 2.75) is 0 Å². The van der Waals surface area contributed by atoms with E-state index in [2.05, 4.69) is 137 Å². The zero-order valence-corrected chi connectivity index (χ0v) is 36.9. The van der Waals surface area contributed by atoms with E-state index < -0.39 is 0 Å². The summed E-state index contributed by atoms with van der Waals surface area (Å²) in [5.74, 6) is 2.21. The molecule has 0 N–H and O–H groups in total. The maximum atomic E-state index is 6.52. The van der Waals surface area contributed by atoms with E-state index >= 15 is 0 Å². The molecule has 14 rings (SSSR count). The summed E-state index contributed by atoms with van der Waals surface area (Å²) >= 11 is 0. The third-order valence-electron chi connectivity index (χ3n) is 13.2. The van der Waals surface area contributed by atoms with Crippen molar-refractivity contribution in [1.29, 1.82) is 0 Å². The van der Waals surface area contributed by atoms with Crippen LogP contribution in [0, 0.1) is 0 Å². The molecule has 14 aromatic rings. The van der Waals surface area contributed by atoms with Gasteiger partial charge in [0, 0.05) is 60.4 Å². The molecule has 0 amide bonds. The van der Waals surface area contributed by atoms with Gasteiger partial charge in [0.15, 0.2) is 28.9 Å². The van der Waals surface area contributed by atoms with Gasteiger partial charge in [-0.05, 0) is 60.7 Å². The number of furan rings is 1. The summed E-state index contributed by atoms with van der Waals surface area (Å²) in [5, 5.41) is 5.51. The fourth-order valence-corrected chi connectivity index (χ4v) is 10.1. The number of rotatable bonds is 7. The van der Waals surface area contributed by atoms with Crippen molar-refractivity contribution < 1.29 is 4.42 Å². The molecular formula is C61H37N7O. The van der Waals surface area contributed by atoms with Gasteiger partial charge >= 0.3 is 0 Å². The third-order valence-corrected chi connectivity index (χ3v) is 13.2. The lowest BCUT2D eigenvalue weighted by molar-refractivity contribution is 0.667. The predicted octanol–water partition coefficient (Wildman–Crippen LogP) is 15.1. The molecule has 0 saturated heterocycles. The van der Waals surface area contributed by atoms with E-state index in [1.54, 1.807) is 0 Å². The molecule has 8 heteroatoms. The highest BCUT2D eigenvalue weighted by molar-refractivity contribution is 6.26. The van der Waals surface area contributed by atoms with Gasteiger partial charge in [0.25, 0.3) is 0 Å². The van der Waals surface area contributed by atoms with E-state index in [1.807, 2.05) is 97.1 Å². The number of nitrogens with zero attached hydrogens (tertiary/aromatic N) is 7. The van der Waals surface area contributed by atoms with Gasteiger partial charge in [-0.2, -0.15) is 0 Å². The van der Waals surface area contributed by atoms with Crippen molar-refractivity contribution in [2.75, 3.05) is 0 Å². The van der Waals surface area contributed by atoms with Crippen LogP contribution >= 0.6 is 0 Å².